The molecule has 1 saturated carbocycles. The summed E-state index contributed by atoms with van der Waals surface area (Å²) in [6.07, 6.45) is 4.19. The van der Waals surface area contributed by atoms with Crippen LogP contribution in [0.5, 0.6) is 0 Å². The van der Waals surface area contributed by atoms with Crippen molar-refractivity contribution in [2.75, 3.05) is 26.7 Å². The molecular weight excluding hydrogens is 192 g/mol. The summed E-state index contributed by atoms with van der Waals surface area (Å²) in [7, 11) is 2.05. The van der Waals surface area contributed by atoms with E-state index in [4.69, 9.17) is 5.11 Å². The third-order valence-electron chi connectivity index (χ3n) is 3.56. The van der Waals surface area contributed by atoms with E-state index in [9.17, 15) is 4.79 Å². The zero-order valence-corrected chi connectivity index (χ0v) is 9.35. The normalized spacial score (nSPS) is 27.5. The molecule has 1 N–H and O–H groups in total. The maximum Gasteiger partial charge on any atom is 0.304 e. The second-order valence-corrected chi connectivity index (χ2v) is 4.79. The predicted molar refractivity (Wildman–Crippen MR) is 57.9 cm³/mol. The first-order valence-corrected chi connectivity index (χ1v) is 5.83. The first kappa shape index (κ1) is 10.9. The Bertz CT molecular complexity index is 241. The van der Waals surface area contributed by atoms with Gasteiger partial charge in [0.2, 0.25) is 0 Å². The monoisotopic (exact) mass is 212 g/mol. The lowest BCUT2D eigenvalue weighted by Crippen LogP contribution is -2.36. The molecule has 0 aromatic carbocycles. The van der Waals surface area contributed by atoms with E-state index in [1.807, 2.05) is 7.05 Å². The highest BCUT2D eigenvalue weighted by atomic mass is 16.4. The molecular formula is C11H20N2O2. The van der Waals surface area contributed by atoms with Gasteiger partial charge >= 0.3 is 5.97 Å². The molecule has 4 nitrogen and oxygen atoms in total. The van der Waals surface area contributed by atoms with Gasteiger partial charge in [-0.25, -0.2) is 0 Å². The smallest absolute Gasteiger partial charge is 0.304 e. The summed E-state index contributed by atoms with van der Waals surface area (Å²) in [4.78, 5) is 15.2. The van der Waals surface area contributed by atoms with Crippen LogP contribution in [0.3, 0.4) is 0 Å². The standard InChI is InChI=1S/C11H20N2O2/c1-12(6-5-11(14)15)10-4-7-13(8-10)9-2-3-9/h9-10H,2-8H2,1H3,(H,14,15). The number of carboxylic acid groups (broad SMARTS) is 1. The summed E-state index contributed by atoms with van der Waals surface area (Å²) in [6.45, 7) is 3.02. The molecule has 1 saturated heterocycles. The molecule has 0 amide bonds. The molecule has 0 aromatic heterocycles. The Kier molecular flexibility index (Phi) is 3.26. The average Bonchev–Trinajstić information content (AvgIpc) is 2.93. The Morgan fingerprint density at radius 1 is 1.47 bits per heavy atom. The van der Waals surface area contributed by atoms with Crippen molar-refractivity contribution in [3.63, 3.8) is 0 Å². The highest BCUT2D eigenvalue weighted by Gasteiger charge is 2.35. The van der Waals surface area contributed by atoms with Gasteiger partial charge in [0.1, 0.15) is 0 Å². The number of likely N-dealkylation sites (N-methyl/N-ethyl adjacent to an activating group) is 1. The molecule has 0 spiro atoms. The average molecular weight is 212 g/mol. The van der Waals surface area contributed by atoms with Gasteiger partial charge in [-0.05, 0) is 26.3 Å². The van der Waals surface area contributed by atoms with Crippen LogP contribution in [0.4, 0.5) is 0 Å². The lowest BCUT2D eigenvalue weighted by molar-refractivity contribution is -0.137. The Hall–Kier alpha value is -0.610. The van der Waals surface area contributed by atoms with Crippen molar-refractivity contribution < 1.29 is 9.90 Å². The third kappa shape index (κ3) is 2.92. The summed E-state index contributed by atoms with van der Waals surface area (Å²) in [6, 6.07) is 1.42. The number of hydrogen-bond donors (Lipinski definition) is 1. The Morgan fingerprint density at radius 2 is 2.20 bits per heavy atom. The van der Waals surface area contributed by atoms with Gasteiger partial charge in [-0.15, -0.1) is 0 Å². The van der Waals surface area contributed by atoms with Crippen LogP contribution < -0.4 is 0 Å². The van der Waals surface area contributed by atoms with Gasteiger partial charge in [-0.1, -0.05) is 0 Å². The van der Waals surface area contributed by atoms with E-state index in [1.54, 1.807) is 0 Å². The molecule has 1 atom stereocenters. The third-order valence-corrected chi connectivity index (χ3v) is 3.56. The molecule has 2 fully saturated rings. The van der Waals surface area contributed by atoms with Crippen LogP contribution in [-0.4, -0.2) is 59.6 Å². The molecule has 0 radical (unpaired) electrons. The van der Waals surface area contributed by atoms with Crippen LogP contribution in [0.2, 0.25) is 0 Å². The second-order valence-electron chi connectivity index (χ2n) is 4.79. The number of likely N-dealkylation sites (tertiary alicyclic amines) is 1. The molecule has 0 bridgehead atoms. The van der Waals surface area contributed by atoms with E-state index in [0.29, 0.717) is 12.6 Å². The van der Waals surface area contributed by atoms with E-state index in [0.717, 1.165) is 12.6 Å². The molecule has 2 rings (SSSR count). The highest BCUT2D eigenvalue weighted by molar-refractivity contribution is 5.66. The van der Waals surface area contributed by atoms with Crippen LogP contribution in [0.25, 0.3) is 0 Å². The summed E-state index contributed by atoms with van der Waals surface area (Å²) in [5, 5.41) is 8.62. The minimum absolute atomic E-state index is 0.260. The lowest BCUT2D eigenvalue weighted by Gasteiger charge is -2.24. The molecule has 4 heteroatoms. The molecule has 1 aliphatic heterocycles. The quantitative estimate of drug-likeness (QED) is 0.726. The van der Waals surface area contributed by atoms with Crippen molar-refractivity contribution in [1.82, 2.24) is 9.80 Å². The molecule has 15 heavy (non-hydrogen) atoms. The van der Waals surface area contributed by atoms with Gasteiger partial charge in [-0.3, -0.25) is 9.69 Å². The summed E-state index contributed by atoms with van der Waals surface area (Å²) in [5.41, 5.74) is 0. The lowest BCUT2D eigenvalue weighted by atomic mass is 10.2. The van der Waals surface area contributed by atoms with Crippen molar-refractivity contribution in [3.05, 3.63) is 0 Å². The van der Waals surface area contributed by atoms with Crippen molar-refractivity contribution in [2.45, 2.75) is 37.8 Å². The van der Waals surface area contributed by atoms with Gasteiger partial charge < -0.3 is 10.0 Å². The zero-order valence-electron chi connectivity index (χ0n) is 9.35. The fourth-order valence-electron chi connectivity index (χ4n) is 2.35. The predicted octanol–water partition coefficient (Wildman–Crippen LogP) is 0.630. The van der Waals surface area contributed by atoms with Crippen LogP contribution in [0, 0.1) is 0 Å². The van der Waals surface area contributed by atoms with E-state index in [2.05, 4.69) is 9.80 Å². The largest absolute Gasteiger partial charge is 0.481 e. The van der Waals surface area contributed by atoms with Gasteiger partial charge in [0.05, 0.1) is 6.42 Å². The van der Waals surface area contributed by atoms with Gasteiger partial charge in [0.25, 0.3) is 0 Å². The summed E-state index contributed by atoms with van der Waals surface area (Å²) in [5.74, 6) is -0.695. The maximum atomic E-state index is 10.5. The van der Waals surface area contributed by atoms with Crippen molar-refractivity contribution in [1.29, 1.82) is 0 Å². The molecule has 2 aliphatic rings. The van der Waals surface area contributed by atoms with E-state index < -0.39 is 5.97 Å². The molecule has 1 heterocycles. The summed E-state index contributed by atoms with van der Waals surface area (Å²) < 4.78 is 0. The molecule has 1 unspecified atom stereocenters. The van der Waals surface area contributed by atoms with Gasteiger partial charge in [-0.2, -0.15) is 0 Å². The fourth-order valence-corrected chi connectivity index (χ4v) is 2.35. The SMILES string of the molecule is CN(CCC(=O)O)C1CCN(C2CC2)C1. The second kappa shape index (κ2) is 4.49. The molecule has 1 aliphatic carbocycles. The fraction of sp³-hybridized carbons (Fsp3) is 0.909. The van der Waals surface area contributed by atoms with Crippen LogP contribution >= 0.6 is 0 Å². The number of aliphatic carboxylic acids is 1. The van der Waals surface area contributed by atoms with Crippen LogP contribution in [-0.2, 0) is 4.79 Å². The van der Waals surface area contributed by atoms with Crippen LogP contribution in [0.1, 0.15) is 25.7 Å². The zero-order chi connectivity index (χ0) is 10.8. The molecule has 86 valence electrons. The molecule has 0 aromatic rings. The van der Waals surface area contributed by atoms with E-state index in [-0.39, 0.29) is 6.42 Å². The topological polar surface area (TPSA) is 43.8 Å². The van der Waals surface area contributed by atoms with Crippen LogP contribution in [0.15, 0.2) is 0 Å². The number of carbonyl (C=O) groups is 1. The van der Waals surface area contributed by atoms with Crippen molar-refractivity contribution in [2.24, 2.45) is 0 Å². The van der Waals surface area contributed by atoms with E-state index in [1.165, 1.54) is 25.8 Å². The van der Waals surface area contributed by atoms with Crippen molar-refractivity contribution in [3.8, 4) is 0 Å². The minimum atomic E-state index is -0.695. The number of rotatable bonds is 5. The number of hydrogen-bond acceptors (Lipinski definition) is 3. The van der Waals surface area contributed by atoms with Gasteiger partial charge in [0.15, 0.2) is 0 Å². The summed E-state index contributed by atoms with van der Waals surface area (Å²) >= 11 is 0. The van der Waals surface area contributed by atoms with Crippen molar-refractivity contribution >= 4 is 5.97 Å². The Morgan fingerprint density at radius 3 is 2.80 bits per heavy atom. The Balaban J connectivity index is 1.71. The first-order valence-electron chi connectivity index (χ1n) is 5.83. The Labute approximate surface area is 90.9 Å². The van der Waals surface area contributed by atoms with E-state index >= 15 is 0 Å². The first-order chi connectivity index (χ1) is 7.16. The number of carboxylic acids is 1. The maximum absolute atomic E-state index is 10.5. The highest BCUT2D eigenvalue weighted by Crippen LogP contribution is 2.30. The minimum Gasteiger partial charge on any atom is -0.481 e. The van der Waals surface area contributed by atoms with Gasteiger partial charge in [0, 0.05) is 31.7 Å². The number of nitrogens with zero attached hydrogens (tertiary/aromatic N) is 2.